The van der Waals surface area contributed by atoms with Crippen LogP contribution in [0.25, 0.3) is 10.9 Å². The molecule has 1 aromatic carbocycles. The highest BCUT2D eigenvalue weighted by atomic mass is 32.1. The summed E-state index contributed by atoms with van der Waals surface area (Å²) in [6.07, 6.45) is 4.08. The second-order valence-electron chi connectivity index (χ2n) is 5.05. The van der Waals surface area contributed by atoms with E-state index in [1.807, 2.05) is 24.3 Å². The fraction of sp³-hybridized carbons (Fsp3) is 0.200. The number of anilines is 1. The molecule has 1 aliphatic carbocycles. The molecule has 1 aliphatic rings. The number of carbonyl (C=O) groups is 1. The van der Waals surface area contributed by atoms with Gasteiger partial charge in [0.2, 0.25) is 5.13 Å². The molecule has 1 N–H and O–H groups in total. The van der Waals surface area contributed by atoms with Gasteiger partial charge < -0.3 is 0 Å². The van der Waals surface area contributed by atoms with Crippen LogP contribution in [0.15, 0.2) is 36.5 Å². The first-order valence-electron chi connectivity index (χ1n) is 6.80. The maximum absolute atomic E-state index is 12.4. The Balaban J connectivity index is 1.63. The van der Waals surface area contributed by atoms with E-state index in [0.717, 1.165) is 15.9 Å². The van der Waals surface area contributed by atoms with Gasteiger partial charge in [-0.3, -0.25) is 15.1 Å². The van der Waals surface area contributed by atoms with Crippen LogP contribution in [0, 0.1) is 0 Å². The lowest BCUT2D eigenvalue weighted by Crippen LogP contribution is -2.12. The highest BCUT2D eigenvalue weighted by molar-refractivity contribution is 7.15. The Kier molecular flexibility index (Phi) is 2.89. The number of carbonyl (C=O) groups excluding carboxylic acids is 1. The molecule has 0 unspecified atom stereocenters. The third-order valence-corrected chi connectivity index (χ3v) is 4.48. The summed E-state index contributed by atoms with van der Waals surface area (Å²) in [5.41, 5.74) is 1.41. The molecule has 2 aromatic heterocycles. The Labute approximate surface area is 125 Å². The summed E-state index contributed by atoms with van der Waals surface area (Å²) >= 11 is 1.46. The van der Waals surface area contributed by atoms with Crippen LogP contribution in [-0.4, -0.2) is 21.1 Å². The zero-order chi connectivity index (χ0) is 14.2. The average molecular weight is 296 g/mol. The summed E-state index contributed by atoms with van der Waals surface area (Å²) in [5.74, 6) is 0.377. The van der Waals surface area contributed by atoms with Crippen molar-refractivity contribution < 1.29 is 4.79 Å². The van der Waals surface area contributed by atoms with Gasteiger partial charge in [0.05, 0.1) is 5.52 Å². The van der Waals surface area contributed by atoms with Gasteiger partial charge in [-0.2, -0.15) is 0 Å². The van der Waals surface area contributed by atoms with Crippen molar-refractivity contribution in [3.8, 4) is 0 Å². The lowest BCUT2D eigenvalue weighted by molar-refractivity contribution is 0.102. The number of amides is 1. The van der Waals surface area contributed by atoms with Crippen molar-refractivity contribution in [3.63, 3.8) is 0 Å². The molecule has 0 aliphatic heterocycles. The monoisotopic (exact) mass is 296 g/mol. The molecule has 0 radical (unpaired) electrons. The molecular formula is C15H12N4OS. The molecule has 5 nitrogen and oxygen atoms in total. The summed E-state index contributed by atoms with van der Waals surface area (Å²) in [6, 6.07) is 9.24. The van der Waals surface area contributed by atoms with Crippen LogP contribution < -0.4 is 5.32 Å². The van der Waals surface area contributed by atoms with Gasteiger partial charge in [-0.25, -0.2) is 0 Å². The lowest BCUT2D eigenvalue weighted by Gasteiger charge is -2.04. The average Bonchev–Trinajstić information content (AvgIpc) is 3.27. The summed E-state index contributed by atoms with van der Waals surface area (Å²) in [6.45, 7) is 0. The number of nitrogens with one attached hydrogen (secondary N) is 1. The molecule has 4 rings (SSSR count). The first-order chi connectivity index (χ1) is 10.3. The number of rotatable bonds is 3. The van der Waals surface area contributed by atoms with Crippen molar-refractivity contribution in [2.24, 2.45) is 0 Å². The van der Waals surface area contributed by atoms with Crippen molar-refractivity contribution in [2.75, 3.05) is 5.32 Å². The first-order valence-corrected chi connectivity index (χ1v) is 7.61. The van der Waals surface area contributed by atoms with Crippen LogP contribution in [0.2, 0.25) is 0 Å². The van der Waals surface area contributed by atoms with Gasteiger partial charge in [-0.05, 0) is 31.0 Å². The minimum Gasteiger partial charge on any atom is -0.296 e. The molecule has 1 fully saturated rings. The van der Waals surface area contributed by atoms with Gasteiger partial charge in [0.1, 0.15) is 5.01 Å². The van der Waals surface area contributed by atoms with Crippen LogP contribution in [0.1, 0.15) is 34.1 Å². The normalized spacial score (nSPS) is 14.3. The van der Waals surface area contributed by atoms with Crippen LogP contribution >= 0.6 is 11.3 Å². The van der Waals surface area contributed by atoms with E-state index < -0.39 is 0 Å². The van der Waals surface area contributed by atoms with Crippen molar-refractivity contribution >= 4 is 33.3 Å². The number of pyridine rings is 1. The molecule has 0 spiro atoms. The third-order valence-electron chi connectivity index (χ3n) is 3.48. The van der Waals surface area contributed by atoms with E-state index >= 15 is 0 Å². The van der Waals surface area contributed by atoms with Crippen LogP contribution in [0.5, 0.6) is 0 Å². The zero-order valence-corrected chi connectivity index (χ0v) is 11.9. The Hall–Kier alpha value is -2.34. The number of hydrogen-bond acceptors (Lipinski definition) is 5. The molecule has 21 heavy (non-hydrogen) atoms. The molecule has 0 saturated heterocycles. The summed E-state index contributed by atoms with van der Waals surface area (Å²) in [5, 5.41) is 13.4. The first kappa shape index (κ1) is 12.4. The van der Waals surface area contributed by atoms with E-state index in [1.165, 1.54) is 24.2 Å². The predicted octanol–water partition coefficient (Wildman–Crippen LogP) is 3.22. The molecule has 1 amide bonds. The smallest absolute Gasteiger partial charge is 0.258 e. The number of fused-ring (bicyclic) bond motifs is 1. The Morgan fingerprint density at radius 1 is 1.19 bits per heavy atom. The Morgan fingerprint density at radius 2 is 2.10 bits per heavy atom. The summed E-state index contributed by atoms with van der Waals surface area (Å²) < 4.78 is 0. The van der Waals surface area contributed by atoms with Crippen LogP contribution in [-0.2, 0) is 0 Å². The quantitative estimate of drug-likeness (QED) is 0.806. The van der Waals surface area contributed by atoms with Crippen molar-refractivity contribution in [1.29, 1.82) is 0 Å². The second kappa shape index (κ2) is 4.89. The van der Waals surface area contributed by atoms with E-state index in [1.54, 1.807) is 12.3 Å². The van der Waals surface area contributed by atoms with E-state index in [4.69, 9.17) is 0 Å². The maximum atomic E-state index is 12.4. The van der Waals surface area contributed by atoms with Crippen molar-refractivity contribution in [1.82, 2.24) is 15.2 Å². The van der Waals surface area contributed by atoms with Gasteiger partial charge in [0.15, 0.2) is 0 Å². The van der Waals surface area contributed by atoms with Gasteiger partial charge >= 0.3 is 0 Å². The highest BCUT2D eigenvalue weighted by Crippen LogP contribution is 2.42. The highest BCUT2D eigenvalue weighted by Gasteiger charge is 2.27. The number of aromatic nitrogens is 3. The standard InChI is InChI=1S/C15H12N4OS/c20-13(17-15-19-18-14(21-15)9-6-7-9)11-3-1-5-12-10(11)4-2-8-16-12/h1-5,8-9H,6-7H2,(H,17,19,20). The lowest BCUT2D eigenvalue weighted by atomic mass is 10.1. The van der Waals surface area contributed by atoms with Crippen molar-refractivity contribution in [3.05, 3.63) is 47.1 Å². The second-order valence-corrected chi connectivity index (χ2v) is 6.06. The Morgan fingerprint density at radius 3 is 2.95 bits per heavy atom. The molecule has 0 atom stereocenters. The maximum Gasteiger partial charge on any atom is 0.258 e. The zero-order valence-electron chi connectivity index (χ0n) is 11.1. The molecule has 6 heteroatoms. The van der Waals surface area contributed by atoms with Gasteiger partial charge in [-0.15, -0.1) is 10.2 Å². The Bertz CT molecular complexity index is 820. The topological polar surface area (TPSA) is 67.8 Å². The van der Waals surface area contributed by atoms with E-state index in [9.17, 15) is 4.79 Å². The number of benzene rings is 1. The fourth-order valence-corrected chi connectivity index (χ4v) is 3.15. The molecule has 3 aromatic rings. The fourth-order valence-electron chi connectivity index (χ4n) is 2.25. The van der Waals surface area contributed by atoms with E-state index in [0.29, 0.717) is 16.6 Å². The third kappa shape index (κ3) is 2.38. The van der Waals surface area contributed by atoms with Crippen molar-refractivity contribution in [2.45, 2.75) is 18.8 Å². The molecule has 104 valence electrons. The van der Waals surface area contributed by atoms with E-state index in [-0.39, 0.29) is 5.91 Å². The number of hydrogen-bond donors (Lipinski definition) is 1. The van der Waals surface area contributed by atoms with Gasteiger partial charge in [-0.1, -0.05) is 23.5 Å². The molecule has 0 bridgehead atoms. The minimum atomic E-state index is -0.174. The van der Waals surface area contributed by atoms with Crippen LogP contribution in [0.4, 0.5) is 5.13 Å². The molecular weight excluding hydrogens is 284 g/mol. The van der Waals surface area contributed by atoms with Gasteiger partial charge in [0.25, 0.3) is 5.91 Å². The van der Waals surface area contributed by atoms with Gasteiger partial charge in [0, 0.05) is 23.1 Å². The van der Waals surface area contributed by atoms with Crippen LogP contribution in [0.3, 0.4) is 0 Å². The molecule has 1 saturated carbocycles. The summed E-state index contributed by atoms with van der Waals surface area (Å²) in [7, 11) is 0. The molecule has 2 heterocycles. The van der Waals surface area contributed by atoms with E-state index in [2.05, 4.69) is 20.5 Å². The number of nitrogens with zero attached hydrogens (tertiary/aromatic N) is 3. The summed E-state index contributed by atoms with van der Waals surface area (Å²) in [4.78, 5) is 16.7. The largest absolute Gasteiger partial charge is 0.296 e. The predicted molar refractivity (Wildman–Crippen MR) is 81.6 cm³/mol. The minimum absolute atomic E-state index is 0.174. The SMILES string of the molecule is O=C(Nc1nnc(C2CC2)s1)c1cccc2ncccc12.